The van der Waals surface area contributed by atoms with Crippen LogP contribution in [-0.2, 0) is 14.3 Å². The summed E-state index contributed by atoms with van der Waals surface area (Å²) in [5.41, 5.74) is 0. The summed E-state index contributed by atoms with van der Waals surface area (Å²) < 4.78 is 10.6. The van der Waals surface area contributed by atoms with E-state index < -0.39 is 0 Å². The SMILES string of the molecule is CN=C(NCC(=O)NC1CCCCC1)N1CCC(COCCOC)C1.I. The molecule has 0 bridgehead atoms. The van der Waals surface area contributed by atoms with Crippen LogP contribution in [0.2, 0.25) is 0 Å². The van der Waals surface area contributed by atoms with Gasteiger partial charge in [0.15, 0.2) is 5.96 Å². The molecule has 1 saturated heterocycles. The zero-order chi connectivity index (χ0) is 17.9. The van der Waals surface area contributed by atoms with Gasteiger partial charge in [-0.1, -0.05) is 19.3 Å². The van der Waals surface area contributed by atoms with Crippen LogP contribution in [-0.4, -0.2) is 76.4 Å². The van der Waals surface area contributed by atoms with E-state index in [9.17, 15) is 4.79 Å². The summed E-state index contributed by atoms with van der Waals surface area (Å²) in [6, 6.07) is 0.352. The van der Waals surface area contributed by atoms with Gasteiger partial charge in [0, 0.05) is 39.2 Å². The summed E-state index contributed by atoms with van der Waals surface area (Å²) >= 11 is 0. The van der Waals surface area contributed by atoms with Crippen molar-refractivity contribution in [3.05, 3.63) is 0 Å². The number of nitrogens with one attached hydrogen (secondary N) is 2. The van der Waals surface area contributed by atoms with Crippen molar-refractivity contribution in [3.8, 4) is 0 Å². The third kappa shape index (κ3) is 8.39. The molecule has 7 nitrogen and oxygen atoms in total. The molecule has 1 heterocycles. The van der Waals surface area contributed by atoms with Gasteiger partial charge >= 0.3 is 0 Å². The molecule has 1 atom stereocenters. The minimum atomic E-state index is 0. The number of nitrogens with zero attached hydrogens (tertiary/aromatic N) is 2. The van der Waals surface area contributed by atoms with Gasteiger partial charge in [0.2, 0.25) is 5.91 Å². The Morgan fingerprint density at radius 1 is 1.19 bits per heavy atom. The molecule has 1 amide bonds. The number of carbonyl (C=O) groups excluding carboxylic acids is 1. The van der Waals surface area contributed by atoms with Gasteiger partial charge in [0.25, 0.3) is 0 Å². The topological polar surface area (TPSA) is 75.2 Å². The highest BCUT2D eigenvalue weighted by molar-refractivity contribution is 14.0. The van der Waals surface area contributed by atoms with Crippen molar-refractivity contribution in [3.63, 3.8) is 0 Å². The van der Waals surface area contributed by atoms with Crippen LogP contribution < -0.4 is 10.6 Å². The number of ether oxygens (including phenoxy) is 2. The van der Waals surface area contributed by atoms with Gasteiger partial charge in [-0.05, 0) is 19.3 Å². The number of amides is 1. The molecule has 0 aromatic carbocycles. The summed E-state index contributed by atoms with van der Waals surface area (Å²) in [7, 11) is 3.45. The first-order chi connectivity index (χ1) is 12.2. The Hall–Kier alpha value is -0.610. The minimum absolute atomic E-state index is 0. The second-order valence-electron chi connectivity index (χ2n) is 6.97. The van der Waals surface area contributed by atoms with Crippen molar-refractivity contribution in [2.75, 3.05) is 53.6 Å². The van der Waals surface area contributed by atoms with E-state index in [0.29, 0.717) is 25.2 Å². The van der Waals surface area contributed by atoms with Crippen LogP contribution in [0.25, 0.3) is 0 Å². The van der Waals surface area contributed by atoms with Crippen LogP contribution in [0.3, 0.4) is 0 Å². The van der Waals surface area contributed by atoms with Gasteiger partial charge in [0.05, 0.1) is 26.4 Å². The maximum absolute atomic E-state index is 12.1. The normalized spacial score (nSPS) is 21.4. The third-order valence-electron chi connectivity index (χ3n) is 4.96. The van der Waals surface area contributed by atoms with E-state index in [1.165, 1.54) is 19.3 Å². The maximum atomic E-state index is 12.1. The van der Waals surface area contributed by atoms with Crippen molar-refractivity contribution in [2.24, 2.45) is 10.9 Å². The molecule has 0 radical (unpaired) electrons. The van der Waals surface area contributed by atoms with Crippen molar-refractivity contribution >= 4 is 35.8 Å². The van der Waals surface area contributed by atoms with Gasteiger partial charge in [-0.2, -0.15) is 0 Å². The lowest BCUT2D eigenvalue weighted by Crippen LogP contribution is -2.47. The average molecular weight is 482 g/mol. The van der Waals surface area contributed by atoms with Crippen LogP contribution in [0.1, 0.15) is 38.5 Å². The molecule has 152 valence electrons. The Balaban J connectivity index is 0.00000338. The molecule has 1 saturated carbocycles. The number of rotatable bonds is 8. The molecule has 26 heavy (non-hydrogen) atoms. The number of likely N-dealkylation sites (tertiary alicyclic amines) is 1. The number of carbonyl (C=O) groups is 1. The first-order valence-electron chi connectivity index (χ1n) is 9.54. The predicted molar refractivity (Wildman–Crippen MR) is 114 cm³/mol. The summed E-state index contributed by atoms with van der Waals surface area (Å²) in [5, 5.41) is 6.33. The van der Waals surface area contributed by atoms with Crippen LogP contribution >= 0.6 is 24.0 Å². The molecule has 2 fully saturated rings. The molecule has 2 N–H and O–H groups in total. The highest BCUT2D eigenvalue weighted by Gasteiger charge is 2.25. The molecule has 0 spiro atoms. The molecule has 8 heteroatoms. The summed E-state index contributed by atoms with van der Waals surface area (Å²) in [4.78, 5) is 18.7. The number of hydrogen-bond donors (Lipinski definition) is 2. The Labute approximate surface area is 174 Å². The Morgan fingerprint density at radius 2 is 1.96 bits per heavy atom. The number of methoxy groups -OCH3 is 1. The fraction of sp³-hybridized carbons (Fsp3) is 0.889. The van der Waals surface area contributed by atoms with E-state index >= 15 is 0 Å². The van der Waals surface area contributed by atoms with Crippen LogP contribution in [0.15, 0.2) is 4.99 Å². The van der Waals surface area contributed by atoms with Gasteiger partial charge in [0.1, 0.15) is 0 Å². The van der Waals surface area contributed by atoms with Crippen LogP contribution in [0.4, 0.5) is 0 Å². The van der Waals surface area contributed by atoms with E-state index in [0.717, 1.165) is 44.9 Å². The summed E-state index contributed by atoms with van der Waals surface area (Å²) in [6.07, 6.45) is 7.04. The Bertz CT molecular complexity index is 431. The lowest BCUT2D eigenvalue weighted by atomic mass is 9.95. The Morgan fingerprint density at radius 3 is 2.65 bits per heavy atom. The molecular formula is C18H35IN4O3. The molecule has 0 aromatic heterocycles. The summed E-state index contributed by atoms with van der Waals surface area (Å²) in [6.45, 7) is 4.17. The van der Waals surface area contributed by atoms with E-state index in [-0.39, 0.29) is 36.4 Å². The summed E-state index contributed by atoms with van der Waals surface area (Å²) in [5.74, 6) is 1.37. The Kier molecular flexibility index (Phi) is 12.2. The van der Waals surface area contributed by atoms with Crippen molar-refractivity contribution in [1.29, 1.82) is 0 Å². The molecule has 2 aliphatic rings. The largest absolute Gasteiger partial charge is 0.382 e. The lowest BCUT2D eigenvalue weighted by molar-refractivity contribution is -0.120. The zero-order valence-electron chi connectivity index (χ0n) is 16.2. The highest BCUT2D eigenvalue weighted by Crippen LogP contribution is 2.17. The van der Waals surface area contributed by atoms with Crippen LogP contribution in [0, 0.1) is 5.92 Å². The monoisotopic (exact) mass is 482 g/mol. The molecule has 1 aliphatic carbocycles. The second-order valence-corrected chi connectivity index (χ2v) is 6.97. The standard InChI is InChI=1S/C18H34N4O3.HI/c1-19-18(20-12-17(23)21-16-6-4-3-5-7-16)22-9-8-15(13-22)14-25-11-10-24-2;/h15-16H,3-14H2,1-2H3,(H,19,20)(H,21,23);1H. The van der Waals surface area contributed by atoms with Crippen molar-refractivity contribution < 1.29 is 14.3 Å². The quantitative estimate of drug-likeness (QED) is 0.238. The lowest BCUT2D eigenvalue weighted by Gasteiger charge is -2.24. The van der Waals surface area contributed by atoms with Crippen molar-refractivity contribution in [2.45, 2.75) is 44.6 Å². The third-order valence-corrected chi connectivity index (χ3v) is 4.96. The maximum Gasteiger partial charge on any atom is 0.239 e. The predicted octanol–water partition coefficient (Wildman–Crippen LogP) is 1.61. The average Bonchev–Trinajstić information content (AvgIpc) is 3.09. The van der Waals surface area contributed by atoms with Gasteiger partial charge in [-0.3, -0.25) is 9.79 Å². The number of aliphatic imine (C=N–C) groups is 1. The second kappa shape index (κ2) is 13.5. The fourth-order valence-corrected chi connectivity index (χ4v) is 3.57. The van der Waals surface area contributed by atoms with E-state index in [4.69, 9.17) is 9.47 Å². The van der Waals surface area contributed by atoms with E-state index in [2.05, 4.69) is 20.5 Å². The number of hydrogen-bond acceptors (Lipinski definition) is 4. The fourth-order valence-electron chi connectivity index (χ4n) is 3.57. The number of guanidine groups is 1. The minimum Gasteiger partial charge on any atom is -0.382 e. The molecule has 1 unspecified atom stereocenters. The molecule has 0 aromatic rings. The van der Waals surface area contributed by atoms with Gasteiger partial charge in [-0.15, -0.1) is 24.0 Å². The zero-order valence-corrected chi connectivity index (χ0v) is 18.5. The van der Waals surface area contributed by atoms with Crippen LogP contribution in [0.5, 0.6) is 0 Å². The first kappa shape index (κ1) is 23.4. The first-order valence-corrected chi connectivity index (χ1v) is 9.54. The van der Waals surface area contributed by atoms with Crippen molar-refractivity contribution in [1.82, 2.24) is 15.5 Å². The molecule has 1 aliphatic heterocycles. The van der Waals surface area contributed by atoms with E-state index in [1.807, 2.05) is 0 Å². The highest BCUT2D eigenvalue weighted by atomic mass is 127. The number of halogens is 1. The van der Waals surface area contributed by atoms with Gasteiger partial charge in [-0.25, -0.2) is 0 Å². The molecular weight excluding hydrogens is 447 g/mol. The molecule has 2 rings (SSSR count). The smallest absolute Gasteiger partial charge is 0.239 e. The van der Waals surface area contributed by atoms with Gasteiger partial charge < -0.3 is 25.0 Å². The van der Waals surface area contributed by atoms with E-state index in [1.54, 1.807) is 14.2 Å².